The van der Waals surface area contributed by atoms with Crippen LogP contribution in [-0.4, -0.2) is 11.2 Å². The van der Waals surface area contributed by atoms with Crippen LogP contribution in [0.3, 0.4) is 0 Å². The fourth-order valence-corrected chi connectivity index (χ4v) is 4.81. The maximum absolute atomic E-state index is 13.4. The first-order chi connectivity index (χ1) is 13.7. The number of nitrogens with zero attached hydrogens (tertiary/aromatic N) is 2. The van der Waals surface area contributed by atoms with Gasteiger partial charge < -0.3 is 9.30 Å². The molecule has 0 N–H and O–H groups in total. The molecule has 1 aliphatic rings. The number of hydrogen-bond acceptors (Lipinski definition) is 3. The highest BCUT2D eigenvalue weighted by Gasteiger charge is 2.20. The summed E-state index contributed by atoms with van der Waals surface area (Å²) in [6, 6.07) is 15.1. The SMILES string of the molecule is CCOc1ccc(N=c2scc(-c3ccc(F)cc3)n2C2CCCCC2)cc1. The highest BCUT2D eigenvalue weighted by molar-refractivity contribution is 7.07. The Morgan fingerprint density at radius 3 is 2.43 bits per heavy atom. The van der Waals surface area contributed by atoms with Crippen molar-refractivity contribution >= 4 is 17.0 Å². The molecular formula is C23H25FN2OS. The first kappa shape index (κ1) is 18.9. The van der Waals surface area contributed by atoms with Crippen LogP contribution in [0.2, 0.25) is 0 Å². The second-order valence-electron chi connectivity index (χ2n) is 7.11. The lowest BCUT2D eigenvalue weighted by Gasteiger charge is -2.25. The maximum atomic E-state index is 13.4. The van der Waals surface area contributed by atoms with Crippen LogP contribution in [0.1, 0.15) is 45.1 Å². The minimum Gasteiger partial charge on any atom is -0.494 e. The van der Waals surface area contributed by atoms with E-state index in [2.05, 4.69) is 9.95 Å². The van der Waals surface area contributed by atoms with Crippen LogP contribution in [0, 0.1) is 5.82 Å². The van der Waals surface area contributed by atoms with Gasteiger partial charge in [-0.15, -0.1) is 11.3 Å². The molecule has 1 saturated carbocycles. The Balaban J connectivity index is 1.76. The Bertz CT molecular complexity index is 967. The van der Waals surface area contributed by atoms with Crippen LogP contribution >= 0.6 is 11.3 Å². The summed E-state index contributed by atoms with van der Waals surface area (Å²) in [6.07, 6.45) is 6.14. The molecule has 2 aromatic carbocycles. The van der Waals surface area contributed by atoms with Gasteiger partial charge >= 0.3 is 0 Å². The summed E-state index contributed by atoms with van der Waals surface area (Å²) < 4.78 is 21.3. The Morgan fingerprint density at radius 1 is 1.04 bits per heavy atom. The minimum atomic E-state index is -0.206. The van der Waals surface area contributed by atoms with E-state index in [-0.39, 0.29) is 5.82 Å². The summed E-state index contributed by atoms with van der Waals surface area (Å²) in [4.78, 5) is 5.93. The summed E-state index contributed by atoms with van der Waals surface area (Å²) in [7, 11) is 0. The zero-order valence-electron chi connectivity index (χ0n) is 16.1. The van der Waals surface area contributed by atoms with Crippen molar-refractivity contribution in [2.45, 2.75) is 45.1 Å². The number of thiazole rings is 1. The molecule has 4 rings (SSSR count). The van der Waals surface area contributed by atoms with Crippen LogP contribution in [0.15, 0.2) is 58.9 Å². The average Bonchev–Trinajstić information content (AvgIpc) is 3.14. The summed E-state index contributed by atoms with van der Waals surface area (Å²) in [5.74, 6) is 0.655. The van der Waals surface area contributed by atoms with Crippen LogP contribution in [0.5, 0.6) is 5.75 Å². The second-order valence-corrected chi connectivity index (χ2v) is 7.95. The Labute approximate surface area is 169 Å². The van der Waals surface area contributed by atoms with Crippen molar-refractivity contribution in [2.24, 2.45) is 4.99 Å². The van der Waals surface area contributed by atoms with Crippen LogP contribution in [0.25, 0.3) is 11.3 Å². The predicted molar refractivity (Wildman–Crippen MR) is 113 cm³/mol. The van der Waals surface area contributed by atoms with Crippen molar-refractivity contribution < 1.29 is 9.13 Å². The van der Waals surface area contributed by atoms with Gasteiger partial charge in [0.15, 0.2) is 4.80 Å². The summed E-state index contributed by atoms with van der Waals surface area (Å²) >= 11 is 1.65. The Morgan fingerprint density at radius 2 is 1.75 bits per heavy atom. The van der Waals surface area contributed by atoms with Crippen molar-refractivity contribution in [3.63, 3.8) is 0 Å². The summed E-state index contributed by atoms with van der Waals surface area (Å²) in [6.45, 7) is 2.64. The van der Waals surface area contributed by atoms with Gasteiger partial charge in [-0.25, -0.2) is 9.38 Å². The number of hydrogen-bond donors (Lipinski definition) is 0. The van der Waals surface area contributed by atoms with E-state index in [1.165, 1.54) is 44.2 Å². The van der Waals surface area contributed by atoms with E-state index in [0.717, 1.165) is 27.5 Å². The van der Waals surface area contributed by atoms with E-state index < -0.39 is 0 Å². The number of aromatic nitrogens is 1. The molecule has 0 saturated heterocycles. The van der Waals surface area contributed by atoms with Crippen molar-refractivity contribution in [1.82, 2.24) is 4.57 Å². The first-order valence-corrected chi connectivity index (χ1v) is 10.9. The molecule has 5 heteroatoms. The maximum Gasteiger partial charge on any atom is 0.190 e. The largest absolute Gasteiger partial charge is 0.494 e. The molecule has 0 radical (unpaired) electrons. The van der Waals surface area contributed by atoms with Crippen molar-refractivity contribution in [3.05, 3.63) is 64.5 Å². The molecule has 0 amide bonds. The molecular weight excluding hydrogens is 371 g/mol. The molecule has 1 aromatic heterocycles. The smallest absolute Gasteiger partial charge is 0.190 e. The van der Waals surface area contributed by atoms with E-state index in [1.807, 2.05) is 43.3 Å². The molecule has 3 nitrogen and oxygen atoms in total. The number of rotatable bonds is 5. The normalized spacial score (nSPS) is 15.7. The topological polar surface area (TPSA) is 26.5 Å². The lowest BCUT2D eigenvalue weighted by molar-refractivity contribution is 0.340. The van der Waals surface area contributed by atoms with Crippen LogP contribution in [-0.2, 0) is 0 Å². The van der Waals surface area contributed by atoms with Gasteiger partial charge in [-0.3, -0.25) is 0 Å². The van der Waals surface area contributed by atoms with E-state index in [9.17, 15) is 4.39 Å². The van der Waals surface area contributed by atoms with E-state index in [1.54, 1.807) is 11.3 Å². The molecule has 0 atom stereocenters. The van der Waals surface area contributed by atoms with E-state index >= 15 is 0 Å². The fourth-order valence-electron chi connectivity index (χ4n) is 3.82. The molecule has 146 valence electrons. The Kier molecular flexibility index (Phi) is 5.91. The van der Waals surface area contributed by atoms with Gasteiger partial charge in [0.05, 0.1) is 18.0 Å². The zero-order chi connectivity index (χ0) is 19.3. The quantitative estimate of drug-likeness (QED) is 0.484. The monoisotopic (exact) mass is 396 g/mol. The van der Waals surface area contributed by atoms with Gasteiger partial charge in [-0.2, -0.15) is 0 Å². The molecule has 28 heavy (non-hydrogen) atoms. The number of halogens is 1. The van der Waals surface area contributed by atoms with Gasteiger partial charge in [-0.05, 0) is 73.9 Å². The third-order valence-electron chi connectivity index (χ3n) is 5.19. The summed E-state index contributed by atoms with van der Waals surface area (Å²) in [5, 5.41) is 2.15. The molecule has 1 fully saturated rings. The lowest BCUT2D eigenvalue weighted by Crippen LogP contribution is -2.23. The molecule has 1 aliphatic carbocycles. The minimum absolute atomic E-state index is 0.206. The highest BCUT2D eigenvalue weighted by atomic mass is 32.1. The van der Waals surface area contributed by atoms with Gasteiger partial charge in [0.25, 0.3) is 0 Å². The first-order valence-electron chi connectivity index (χ1n) is 9.98. The highest BCUT2D eigenvalue weighted by Crippen LogP contribution is 2.32. The van der Waals surface area contributed by atoms with Gasteiger partial charge in [-0.1, -0.05) is 19.3 Å². The van der Waals surface area contributed by atoms with Crippen molar-refractivity contribution in [3.8, 4) is 17.0 Å². The summed E-state index contributed by atoms with van der Waals surface area (Å²) in [5.41, 5.74) is 3.08. The van der Waals surface area contributed by atoms with E-state index in [4.69, 9.17) is 9.73 Å². The number of ether oxygens (including phenoxy) is 1. The van der Waals surface area contributed by atoms with Crippen molar-refractivity contribution in [2.75, 3.05) is 6.61 Å². The van der Waals surface area contributed by atoms with Gasteiger partial charge in [0, 0.05) is 11.4 Å². The molecule has 0 spiro atoms. The predicted octanol–water partition coefficient (Wildman–Crippen LogP) is 6.49. The van der Waals surface area contributed by atoms with E-state index in [0.29, 0.717) is 12.6 Å². The average molecular weight is 397 g/mol. The molecule has 0 aliphatic heterocycles. The molecule has 0 bridgehead atoms. The fraction of sp³-hybridized carbons (Fsp3) is 0.348. The van der Waals surface area contributed by atoms with Crippen LogP contribution in [0.4, 0.5) is 10.1 Å². The Hall–Kier alpha value is -2.40. The van der Waals surface area contributed by atoms with Gasteiger partial charge in [0.2, 0.25) is 0 Å². The standard InChI is InChI=1S/C23H25FN2OS/c1-2-27-21-14-12-19(13-15-21)25-23-26(20-6-4-3-5-7-20)22(16-28-23)17-8-10-18(24)11-9-17/h8-16,20H,2-7H2,1H3. The van der Waals surface area contributed by atoms with Crippen LogP contribution < -0.4 is 9.54 Å². The lowest BCUT2D eigenvalue weighted by atomic mass is 9.95. The molecule has 3 aromatic rings. The second kappa shape index (κ2) is 8.74. The number of benzene rings is 2. The van der Waals surface area contributed by atoms with Gasteiger partial charge in [0.1, 0.15) is 11.6 Å². The molecule has 1 heterocycles. The zero-order valence-corrected chi connectivity index (χ0v) is 16.9. The third-order valence-corrected chi connectivity index (χ3v) is 6.03. The third kappa shape index (κ3) is 4.20. The van der Waals surface area contributed by atoms with Crippen molar-refractivity contribution in [1.29, 1.82) is 0 Å². The molecule has 0 unspecified atom stereocenters.